The fraction of sp³-hybridized carbons (Fsp3) is 0.857. The Morgan fingerprint density at radius 2 is 1.27 bits per heavy atom. The summed E-state index contributed by atoms with van der Waals surface area (Å²) >= 11 is 0. The van der Waals surface area contributed by atoms with Crippen molar-refractivity contribution in [1.82, 2.24) is 6.15 Å². The van der Waals surface area contributed by atoms with Gasteiger partial charge in [0.25, 0.3) is 0 Å². The Kier molecular flexibility index (Phi) is 6.99. The fourth-order valence-corrected chi connectivity index (χ4v) is 0.413. The molecular formula is C7H17NO3. The van der Waals surface area contributed by atoms with Crippen LogP contribution in [0.4, 0.5) is 4.79 Å². The molecule has 0 aliphatic heterocycles. The minimum atomic E-state index is -0.593. The summed E-state index contributed by atoms with van der Waals surface area (Å²) in [7, 11) is 0. The average Bonchev–Trinajstić information content (AvgIpc) is 1.58. The van der Waals surface area contributed by atoms with Gasteiger partial charge >= 0.3 is 6.16 Å². The quantitative estimate of drug-likeness (QED) is 0.633. The van der Waals surface area contributed by atoms with Crippen molar-refractivity contribution in [2.75, 3.05) is 0 Å². The molecule has 4 nitrogen and oxygen atoms in total. The van der Waals surface area contributed by atoms with E-state index < -0.39 is 6.16 Å². The second-order valence-corrected chi connectivity index (χ2v) is 2.58. The largest absolute Gasteiger partial charge is 0.508 e. The summed E-state index contributed by atoms with van der Waals surface area (Å²) in [6.07, 6.45) is -0.803. The smallest absolute Gasteiger partial charge is 0.432 e. The van der Waals surface area contributed by atoms with E-state index in [0.717, 1.165) is 0 Å². The Morgan fingerprint density at radius 1 is 1.00 bits per heavy atom. The van der Waals surface area contributed by atoms with E-state index in [9.17, 15) is 4.79 Å². The molecule has 0 aromatic rings. The third kappa shape index (κ3) is 9.23. The highest BCUT2D eigenvalue weighted by molar-refractivity contribution is 5.60. The fourth-order valence-electron chi connectivity index (χ4n) is 0.413. The van der Waals surface area contributed by atoms with Crippen LogP contribution in [-0.2, 0) is 9.47 Å². The van der Waals surface area contributed by atoms with Gasteiger partial charge in [-0.05, 0) is 27.7 Å². The first-order valence-electron chi connectivity index (χ1n) is 3.39. The minimum Gasteiger partial charge on any atom is -0.432 e. The number of carbonyl (C=O) groups is 1. The van der Waals surface area contributed by atoms with Crippen molar-refractivity contribution in [1.29, 1.82) is 0 Å². The van der Waals surface area contributed by atoms with E-state index in [2.05, 4.69) is 0 Å². The SMILES string of the molecule is CC(C)OC(=O)OC(C)C.N. The molecule has 0 spiro atoms. The first-order chi connectivity index (χ1) is 4.52. The monoisotopic (exact) mass is 163 g/mol. The van der Waals surface area contributed by atoms with E-state index in [1.54, 1.807) is 27.7 Å². The van der Waals surface area contributed by atoms with Crippen molar-refractivity contribution in [2.24, 2.45) is 0 Å². The molecule has 11 heavy (non-hydrogen) atoms. The van der Waals surface area contributed by atoms with Crippen LogP contribution in [0.3, 0.4) is 0 Å². The Bertz CT molecular complexity index is 100. The molecule has 0 unspecified atom stereocenters. The van der Waals surface area contributed by atoms with Gasteiger partial charge in [0.05, 0.1) is 12.2 Å². The normalized spacial score (nSPS) is 9.27. The summed E-state index contributed by atoms with van der Waals surface area (Å²) in [4.78, 5) is 10.6. The molecule has 0 saturated carbocycles. The van der Waals surface area contributed by atoms with E-state index in [1.807, 2.05) is 0 Å². The van der Waals surface area contributed by atoms with Gasteiger partial charge < -0.3 is 15.6 Å². The van der Waals surface area contributed by atoms with Gasteiger partial charge in [-0.2, -0.15) is 0 Å². The van der Waals surface area contributed by atoms with Gasteiger partial charge in [-0.15, -0.1) is 0 Å². The van der Waals surface area contributed by atoms with Crippen LogP contribution in [-0.4, -0.2) is 18.4 Å². The summed E-state index contributed by atoms with van der Waals surface area (Å²) < 4.78 is 9.40. The van der Waals surface area contributed by atoms with Gasteiger partial charge in [0.15, 0.2) is 0 Å². The number of hydrogen-bond donors (Lipinski definition) is 1. The molecule has 0 atom stereocenters. The molecule has 0 saturated heterocycles. The standard InChI is InChI=1S/C7H14O3.H3N/c1-5(2)9-7(8)10-6(3)4;/h5-6H,1-4H3;1H3. The van der Waals surface area contributed by atoms with Gasteiger partial charge in [0.2, 0.25) is 0 Å². The van der Waals surface area contributed by atoms with Crippen molar-refractivity contribution < 1.29 is 14.3 Å². The number of ether oxygens (including phenoxy) is 2. The molecule has 0 aromatic carbocycles. The highest BCUT2D eigenvalue weighted by atomic mass is 16.7. The lowest BCUT2D eigenvalue weighted by Crippen LogP contribution is -2.16. The maximum atomic E-state index is 10.6. The molecular weight excluding hydrogens is 146 g/mol. The van der Waals surface area contributed by atoms with Crippen LogP contribution in [0.1, 0.15) is 27.7 Å². The Balaban J connectivity index is 0. The number of hydrogen-bond acceptors (Lipinski definition) is 4. The van der Waals surface area contributed by atoms with E-state index in [1.165, 1.54) is 0 Å². The molecule has 3 N–H and O–H groups in total. The second-order valence-electron chi connectivity index (χ2n) is 2.58. The maximum absolute atomic E-state index is 10.6. The predicted molar refractivity (Wildman–Crippen MR) is 42.9 cm³/mol. The van der Waals surface area contributed by atoms with Crippen molar-refractivity contribution in [2.45, 2.75) is 39.9 Å². The zero-order valence-electron chi connectivity index (χ0n) is 7.59. The number of carbonyl (C=O) groups excluding carboxylic acids is 1. The second kappa shape index (κ2) is 5.97. The van der Waals surface area contributed by atoms with Crippen molar-refractivity contribution >= 4 is 6.16 Å². The minimum absolute atomic E-state index is 0. The van der Waals surface area contributed by atoms with Gasteiger partial charge in [-0.25, -0.2) is 4.79 Å². The lowest BCUT2D eigenvalue weighted by atomic mass is 10.5. The molecule has 68 valence electrons. The molecule has 0 radical (unpaired) electrons. The zero-order chi connectivity index (χ0) is 8.15. The van der Waals surface area contributed by atoms with E-state index in [4.69, 9.17) is 9.47 Å². The van der Waals surface area contributed by atoms with Crippen LogP contribution in [0.2, 0.25) is 0 Å². The molecule has 0 aromatic heterocycles. The van der Waals surface area contributed by atoms with Crippen LogP contribution < -0.4 is 6.15 Å². The molecule has 0 rings (SSSR count). The maximum Gasteiger partial charge on any atom is 0.508 e. The lowest BCUT2D eigenvalue weighted by molar-refractivity contribution is 0.0167. The highest BCUT2D eigenvalue weighted by Crippen LogP contribution is 1.95. The zero-order valence-corrected chi connectivity index (χ0v) is 7.59. The van der Waals surface area contributed by atoms with Crippen molar-refractivity contribution in [3.05, 3.63) is 0 Å². The third-order valence-electron chi connectivity index (χ3n) is 0.664. The summed E-state index contributed by atoms with van der Waals surface area (Å²) in [6, 6.07) is 0. The Labute approximate surface area is 67.5 Å². The van der Waals surface area contributed by atoms with E-state index in [-0.39, 0.29) is 18.4 Å². The summed E-state index contributed by atoms with van der Waals surface area (Å²) in [5.74, 6) is 0. The molecule has 0 bridgehead atoms. The first kappa shape index (κ1) is 12.9. The van der Waals surface area contributed by atoms with Gasteiger partial charge in [0, 0.05) is 0 Å². The van der Waals surface area contributed by atoms with E-state index >= 15 is 0 Å². The highest BCUT2D eigenvalue weighted by Gasteiger charge is 2.07. The van der Waals surface area contributed by atoms with Crippen LogP contribution in [0.25, 0.3) is 0 Å². The summed E-state index contributed by atoms with van der Waals surface area (Å²) in [5.41, 5.74) is 0. The Morgan fingerprint density at radius 3 is 1.45 bits per heavy atom. The van der Waals surface area contributed by atoms with Gasteiger partial charge in [-0.3, -0.25) is 0 Å². The Hall–Kier alpha value is -0.770. The molecule has 0 amide bonds. The molecule has 0 fully saturated rings. The summed E-state index contributed by atoms with van der Waals surface area (Å²) in [6.45, 7) is 7.12. The lowest BCUT2D eigenvalue weighted by Gasteiger charge is -2.10. The van der Waals surface area contributed by atoms with E-state index in [0.29, 0.717) is 0 Å². The average molecular weight is 163 g/mol. The van der Waals surface area contributed by atoms with Crippen LogP contribution >= 0.6 is 0 Å². The molecule has 0 aliphatic rings. The number of rotatable bonds is 2. The molecule has 4 heteroatoms. The topological polar surface area (TPSA) is 70.5 Å². The predicted octanol–water partition coefficient (Wildman–Crippen LogP) is 2.12. The van der Waals surface area contributed by atoms with Crippen LogP contribution in [0.15, 0.2) is 0 Å². The molecule has 0 aliphatic carbocycles. The van der Waals surface area contributed by atoms with Gasteiger partial charge in [-0.1, -0.05) is 0 Å². The van der Waals surface area contributed by atoms with Crippen molar-refractivity contribution in [3.8, 4) is 0 Å². The first-order valence-corrected chi connectivity index (χ1v) is 3.39. The van der Waals surface area contributed by atoms with Crippen LogP contribution in [0, 0.1) is 0 Å². The summed E-state index contributed by atoms with van der Waals surface area (Å²) in [5, 5.41) is 0. The molecule has 0 heterocycles. The van der Waals surface area contributed by atoms with Crippen molar-refractivity contribution in [3.63, 3.8) is 0 Å². The van der Waals surface area contributed by atoms with Gasteiger partial charge in [0.1, 0.15) is 0 Å². The third-order valence-corrected chi connectivity index (χ3v) is 0.664. The van der Waals surface area contributed by atoms with Crippen LogP contribution in [0.5, 0.6) is 0 Å².